The summed E-state index contributed by atoms with van der Waals surface area (Å²) in [6.07, 6.45) is 4.29. The van der Waals surface area contributed by atoms with Crippen LogP contribution in [0.4, 0.5) is 5.82 Å². The summed E-state index contributed by atoms with van der Waals surface area (Å²) >= 11 is 0. The highest BCUT2D eigenvalue weighted by atomic mass is 15.5. The molecule has 2 aromatic heterocycles. The van der Waals surface area contributed by atoms with Crippen LogP contribution < -0.4 is 4.90 Å². The largest absolute Gasteiger partial charge is 0.356 e. The van der Waals surface area contributed by atoms with Crippen LogP contribution in [0.1, 0.15) is 12.8 Å². The minimum absolute atomic E-state index is 0.556. The molecule has 1 aliphatic rings. The summed E-state index contributed by atoms with van der Waals surface area (Å²) in [5, 5.41) is 9.63. The van der Waals surface area contributed by atoms with Gasteiger partial charge in [0.2, 0.25) is 0 Å². The Morgan fingerprint density at radius 2 is 1.58 bits per heavy atom. The first-order valence-electron chi connectivity index (χ1n) is 8.88. The third kappa shape index (κ3) is 2.60. The Hall–Kier alpha value is -3.28. The lowest BCUT2D eigenvalue weighted by Gasteiger charge is -2.18. The fourth-order valence-electron chi connectivity index (χ4n) is 3.42. The monoisotopic (exact) mass is 342 g/mol. The number of fused-ring (bicyclic) bond motifs is 1. The van der Waals surface area contributed by atoms with Crippen molar-refractivity contribution in [2.24, 2.45) is 0 Å². The molecule has 1 aliphatic heterocycles. The molecule has 0 atom stereocenters. The summed E-state index contributed by atoms with van der Waals surface area (Å²) in [4.78, 5) is 11.9. The predicted molar refractivity (Wildman–Crippen MR) is 101 cm³/mol. The molecule has 0 spiro atoms. The summed E-state index contributed by atoms with van der Waals surface area (Å²) < 4.78 is 1.66. The van der Waals surface area contributed by atoms with Gasteiger partial charge < -0.3 is 4.90 Å². The van der Waals surface area contributed by atoms with Gasteiger partial charge in [-0.1, -0.05) is 47.7 Å². The molecule has 0 N–H and O–H groups in total. The van der Waals surface area contributed by atoms with Crippen LogP contribution in [0.5, 0.6) is 0 Å². The van der Waals surface area contributed by atoms with Gasteiger partial charge in [0.15, 0.2) is 0 Å². The van der Waals surface area contributed by atoms with E-state index in [1.165, 1.54) is 12.8 Å². The standard InChI is InChI=1S/C20H18N6/c1-2-8-15(9-3-1)18-14-26(24-23-18)20-21-17-11-5-4-10-16(17)19(22-20)25-12-6-7-13-25/h1-5,8-11,14H,6-7,12-13H2. The predicted octanol–water partition coefficient (Wildman–Crippen LogP) is 3.48. The second-order valence-electron chi connectivity index (χ2n) is 6.47. The van der Waals surface area contributed by atoms with Crippen LogP contribution in [0.15, 0.2) is 60.8 Å². The normalized spacial score (nSPS) is 14.2. The number of hydrogen-bond donors (Lipinski definition) is 0. The number of para-hydroxylation sites is 1. The van der Waals surface area contributed by atoms with E-state index in [1.807, 2.05) is 54.7 Å². The molecule has 1 fully saturated rings. The van der Waals surface area contributed by atoms with Crippen LogP contribution >= 0.6 is 0 Å². The first-order chi connectivity index (χ1) is 12.9. The molecule has 6 nitrogen and oxygen atoms in total. The Labute approximate surface area is 151 Å². The zero-order valence-corrected chi connectivity index (χ0v) is 14.3. The highest BCUT2D eigenvalue weighted by molar-refractivity contribution is 5.90. The summed E-state index contributed by atoms with van der Waals surface area (Å²) in [6, 6.07) is 18.2. The number of anilines is 1. The van der Waals surface area contributed by atoms with Gasteiger partial charge in [0, 0.05) is 24.0 Å². The average molecular weight is 342 g/mol. The molecular weight excluding hydrogens is 324 g/mol. The molecule has 0 saturated carbocycles. The van der Waals surface area contributed by atoms with Crippen molar-refractivity contribution < 1.29 is 0 Å². The molecule has 0 amide bonds. The molecule has 0 radical (unpaired) electrons. The maximum Gasteiger partial charge on any atom is 0.254 e. The fraction of sp³-hybridized carbons (Fsp3) is 0.200. The van der Waals surface area contributed by atoms with E-state index in [-0.39, 0.29) is 0 Å². The number of nitrogens with zero attached hydrogens (tertiary/aromatic N) is 6. The molecule has 0 bridgehead atoms. The lowest BCUT2D eigenvalue weighted by molar-refractivity contribution is 0.756. The van der Waals surface area contributed by atoms with Crippen molar-refractivity contribution in [1.82, 2.24) is 25.0 Å². The molecule has 26 heavy (non-hydrogen) atoms. The minimum Gasteiger partial charge on any atom is -0.356 e. The highest BCUT2D eigenvalue weighted by Crippen LogP contribution is 2.27. The Balaban J connectivity index is 1.62. The van der Waals surface area contributed by atoms with Gasteiger partial charge >= 0.3 is 0 Å². The molecule has 2 aromatic carbocycles. The van der Waals surface area contributed by atoms with E-state index >= 15 is 0 Å². The van der Waals surface area contributed by atoms with Gasteiger partial charge in [-0.05, 0) is 25.0 Å². The van der Waals surface area contributed by atoms with Crippen LogP contribution in [0.3, 0.4) is 0 Å². The topological polar surface area (TPSA) is 59.7 Å². The number of hydrogen-bond acceptors (Lipinski definition) is 5. The smallest absolute Gasteiger partial charge is 0.254 e. The zero-order chi connectivity index (χ0) is 17.3. The second kappa shape index (κ2) is 6.22. The molecule has 0 aliphatic carbocycles. The SMILES string of the molecule is c1ccc(-c2cn(-c3nc(N4CCCC4)c4ccccc4n3)nn2)cc1. The molecule has 6 heteroatoms. The molecule has 3 heterocycles. The Kier molecular flexibility index (Phi) is 3.59. The summed E-state index contributed by atoms with van der Waals surface area (Å²) in [7, 11) is 0. The van der Waals surface area contributed by atoms with Crippen molar-refractivity contribution in [1.29, 1.82) is 0 Å². The molecule has 1 saturated heterocycles. The molecule has 0 unspecified atom stereocenters. The molecule has 128 valence electrons. The summed E-state index contributed by atoms with van der Waals surface area (Å²) in [5.41, 5.74) is 2.76. The third-order valence-electron chi connectivity index (χ3n) is 4.74. The lowest BCUT2D eigenvalue weighted by Crippen LogP contribution is -2.20. The second-order valence-corrected chi connectivity index (χ2v) is 6.47. The van der Waals surface area contributed by atoms with Crippen molar-refractivity contribution in [2.75, 3.05) is 18.0 Å². The van der Waals surface area contributed by atoms with E-state index in [2.05, 4.69) is 21.3 Å². The van der Waals surface area contributed by atoms with Gasteiger partial charge in [-0.2, -0.15) is 9.67 Å². The van der Waals surface area contributed by atoms with Crippen LogP contribution in [0, 0.1) is 0 Å². The van der Waals surface area contributed by atoms with Gasteiger partial charge in [-0.15, -0.1) is 5.10 Å². The summed E-state index contributed by atoms with van der Waals surface area (Å²) in [5.74, 6) is 1.54. The van der Waals surface area contributed by atoms with Crippen molar-refractivity contribution in [3.8, 4) is 17.2 Å². The van der Waals surface area contributed by atoms with Crippen molar-refractivity contribution in [3.05, 3.63) is 60.8 Å². The van der Waals surface area contributed by atoms with Crippen LogP contribution in [0.2, 0.25) is 0 Å². The van der Waals surface area contributed by atoms with E-state index in [0.29, 0.717) is 5.95 Å². The van der Waals surface area contributed by atoms with Crippen molar-refractivity contribution in [3.63, 3.8) is 0 Å². The number of benzene rings is 2. The number of rotatable bonds is 3. The first-order valence-corrected chi connectivity index (χ1v) is 8.88. The van der Waals surface area contributed by atoms with Gasteiger partial charge in [0.25, 0.3) is 5.95 Å². The van der Waals surface area contributed by atoms with Crippen LogP contribution in [-0.2, 0) is 0 Å². The first kappa shape index (κ1) is 15.0. The Morgan fingerprint density at radius 3 is 2.42 bits per heavy atom. The maximum atomic E-state index is 4.84. The van der Waals surface area contributed by atoms with Gasteiger partial charge in [-0.25, -0.2) is 4.98 Å². The van der Waals surface area contributed by atoms with Crippen molar-refractivity contribution in [2.45, 2.75) is 12.8 Å². The Bertz CT molecular complexity index is 1050. The fourth-order valence-corrected chi connectivity index (χ4v) is 3.42. The van der Waals surface area contributed by atoms with E-state index < -0.39 is 0 Å². The van der Waals surface area contributed by atoms with Gasteiger partial charge in [0.05, 0.1) is 11.7 Å². The third-order valence-corrected chi connectivity index (χ3v) is 4.74. The molecule has 5 rings (SSSR count). The van der Waals surface area contributed by atoms with E-state index in [1.54, 1.807) is 4.68 Å². The number of aromatic nitrogens is 5. The molecular formula is C20H18N6. The molecule has 4 aromatic rings. The zero-order valence-electron chi connectivity index (χ0n) is 14.3. The van der Waals surface area contributed by atoms with Crippen molar-refractivity contribution >= 4 is 16.7 Å². The lowest BCUT2D eigenvalue weighted by atomic mass is 10.2. The summed E-state index contributed by atoms with van der Waals surface area (Å²) in [6.45, 7) is 2.07. The van der Waals surface area contributed by atoms with E-state index in [0.717, 1.165) is 41.1 Å². The minimum atomic E-state index is 0.556. The highest BCUT2D eigenvalue weighted by Gasteiger charge is 2.19. The van der Waals surface area contributed by atoms with E-state index in [4.69, 9.17) is 9.97 Å². The van der Waals surface area contributed by atoms with Crippen LogP contribution in [0.25, 0.3) is 28.1 Å². The van der Waals surface area contributed by atoms with E-state index in [9.17, 15) is 0 Å². The maximum absolute atomic E-state index is 4.84. The van der Waals surface area contributed by atoms with Gasteiger partial charge in [0.1, 0.15) is 11.5 Å². The van der Waals surface area contributed by atoms with Gasteiger partial charge in [-0.3, -0.25) is 0 Å². The van der Waals surface area contributed by atoms with Crippen LogP contribution in [-0.4, -0.2) is 38.1 Å². The average Bonchev–Trinajstić information content (AvgIpc) is 3.40. The Morgan fingerprint density at radius 1 is 0.808 bits per heavy atom. The quantitative estimate of drug-likeness (QED) is 0.570.